The summed E-state index contributed by atoms with van der Waals surface area (Å²) >= 11 is 2.89. The third-order valence-electron chi connectivity index (χ3n) is 4.79. The predicted octanol–water partition coefficient (Wildman–Crippen LogP) is 2.87. The van der Waals surface area contributed by atoms with Crippen molar-refractivity contribution in [3.63, 3.8) is 0 Å². The number of methoxy groups -OCH3 is 1. The Bertz CT molecular complexity index is 1280. The van der Waals surface area contributed by atoms with Gasteiger partial charge < -0.3 is 9.47 Å². The normalized spacial score (nSPS) is 16.2. The van der Waals surface area contributed by atoms with Crippen molar-refractivity contribution < 1.29 is 14.3 Å². The molecule has 0 saturated carbocycles. The van der Waals surface area contributed by atoms with Crippen molar-refractivity contribution in [3.05, 3.63) is 83.2 Å². The number of benzene rings is 1. The van der Waals surface area contributed by atoms with Gasteiger partial charge in [0, 0.05) is 0 Å². The summed E-state index contributed by atoms with van der Waals surface area (Å²) in [5.41, 5.74) is 2.50. The second-order valence-electron chi connectivity index (χ2n) is 6.63. The zero-order valence-electron chi connectivity index (χ0n) is 16.7. The van der Waals surface area contributed by atoms with Gasteiger partial charge in [0.15, 0.2) is 4.80 Å². The quantitative estimate of drug-likeness (QED) is 0.572. The molecule has 3 heterocycles. The Morgan fingerprint density at radius 1 is 1.27 bits per heavy atom. The maximum atomic E-state index is 13.4. The number of allylic oxidation sites excluding steroid dienone is 1. The highest BCUT2D eigenvalue weighted by Gasteiger charge is 2.33. The molecule has 0 spiro atoms. The van der Waals surface area contributed by atoms with Gasteiger partial charge in [0.1, 0.15) is 5.75 Å². The number of nitrogens with zero attached hydrogens (tertiary/aromatic N) is 2. The smallest absolute Gasteiger partial charge is 0.338 e. The van der Waals surface area contributed by atoms with E-state index in [0.29, 0.717) is 26.4 Å². The highest BCUT2D eigenvalue weighted by Crippen LogP contribution is 2.31. The van der Waals surface area contributed by atoms with Crippen LogP contribution in [0.15, 0.2) is 62.1 Å². The van der Waals surface area contributed by atoms with Gasteiger partial charge in [-0.2, -0.15) is 11.3 Å². The topological polar surface area (TPSA) is 69.9 Å². The van der Waals surface area contributed by atoms with Gasteiger partial charge in [0.2, 0.25) is 0 Å². The fraction of sp³-hybridized carbons (Fsp3) is 0.227. The molecule has 8 heteroatoms. The van der Waals surface area contributed by atoms with Gasteiger partial charge >= 0.3 is 5.97 Å². The molecule has 154 valence electrons. The monoisotopic (exact) mass is 440 g/mol. The molecular weight excluding hydrogens is 420 g/mol. The fourth-order valence-corrected chi connectivity index (χ4v) is 5.07. The van der Waals surface area contributed by atoms with Gasteiger partial charge in [-0.15, -0.1) is 0 Å². The molecular formula is C22H20N2O4S2. The van der Waals surface area contributed by atoms with Gasteiger partial charge in [-0.05, 0) is 60.0 Å². The van der Waals surface area contributed by atoms with Crippen LogP contribution in [0.1, 0.15) is 31.0 Å². The number of hydrogen-bond acceptors (Lipinski definition) is 7. The Hall–Kier alpha value is -2.97. The van der Waals surface area contributed by atoms with Crippen molar-refractivity contribution in [1.29, 1.82) is 0 Å². The van der Waals surface area contributed by atoms with Crippen LogP contribution in [0, 0.1) is 0 Å². The zero-order chi connectivity index (χ0) is 21.3. The third-order valence-corrected chi connectivity index (χ3v) is 6.47. The fourth-order valence-electron chi connectivity index (χ4n) is 3.40. The Morgan fingerprint density at radius 3 is 2.67 bits per heavy atom. The van der Waals surface area contributed by atoms with E-state index in [1.165, 1.54) is 11.3 Å². The SMILES string of the molecule is CCOC(=O)C1=C(C)N=c2sc(=Cc3ccsc3)c(=O)n2C1c1ccc(OC)cc1. The molecule has 1 aromatic carbocycles. The lowest BCUT2D eigenvalue weighted by atomic mass is 9.96. The largest absolute Gasteiger partial charge is 0.497 e. The lowest BCUT2D eigenvalue weighted by Crippen LogP contribution is -2.39. The van der Waals surface area contributed by atoms with E-state index in [0.717, 1.165) is 11.1 Å². The van der Waals surface area contributed by atoms with Crippen LogP contribution in [0.2, 0.25) is 0 Å². The van der Waals surface area contributed by atoms with Gasteiger partial charge in [0.05, 0.1) is 35.6 Å². The van der Waals surface area contributed by atoms with Crippen molar-refractivity contribution in [2.75, 3.05) is 13.7 Å². The number of thiophene rings is 1. The van der Waals surface area contributed by atoms with E-state index in [4.69, 9.17) is 9.47 Å². The average molecular weight is 441 g/mol. The summed E-state index contributed by atoms with van der Waals surface area (Å²) in [7, 11) is 1.59. The van der Waals surface area contributed by atoms with E-state index in [-0.39, 0.29) is 12.2 Å². The molecule has 0 radical (unpaired) electrons. The second kappa shape index (κ2) is 8.41. The maximum absolute atomic E-state index is 13.4. The summed E-state index contributed by atoms with van der Waals surface area (Å²) in [6.45, 7) is 3.78. The number of thiazole rings is 1. The van der Waals surface area contributed by atoms with Gasteiger partial charge in [-0.3, -0.25) is 9.36 Å². The molecule has 0 aliphatic carbocycles. The molecule has 1 aliphatic rings. The molecule has 0 saturated heterocycles. The number of rotatable bonds is 5. The minimum absolute atomic E-state index is 0.180. The average Bonchev–Trinajstić information content (AvgIpc) is 3.36. The summed E-state index contributed by atoms with van der Waals surface area (Å²) in [5, 5.41) is 3.94. The van der Waals surface area contributed by atoms with E-state index in [1.54, 1.807) is 36.9 Å². The summed E-state index contributed by atoms with van der Waals surface area (Å²) < 4.78 is 12.7. The minimum Gasteiger partial charge on any atom is -0.497 e. The minimum atomic E-state index is -0.615. The summed E-state index contributed by atoms with van der Waals surface area (Å²) in [6, 6.07) is 8.69. The van der Waals surface area contributed by atoms with E-state index in [2.05, 4.69) is 4.99 Å². The number of carbonyl (C=O) groups excluding carboxylic acids is 1. The van der Waals surface area contributed by atoms with Crippen LogP contribution < -0.4 is 19.6 Å². The van der Waals surface area contributed by atoms with Crippen LogP contribution in [0.5, 0.6) is 5.75 Å². The van der Waals surface area contributed by atoms with Crippen LogP contribution in [0.4, 0.5) is 0 Å². The summed E-state index contributed by atoms with van der Waals surface area (Å²) in [4.78, 5) is 31.3. The third kappa shape index (κ3) is 3.64. The number of ether oxygens (including phenoxy) is 2. The Morgan fingerprint density at radius 2 is 2.03 bits per heavy atom. The van der Waals surface area contributed by atoms with Crippen LogP contribution in [0.25, 0.3) is 6.08 Å². The van der Waals surface area contributed by atoms with Crippen molar-refractivity contribution in [1.82, 2.24) is 4.57 Å². The number of hydrogen-bond donors (Lipinski definition) is 0. The van der Waals surface area contributed by atoms with E-state index < -0.39 is 12.0 Å². The van der Waals surface area contributed by atoms with Gasteiger partial charge in [0.25, 0.3) is 5.56 Å². The van der Waals surface area contributed by atoms with Crippen molar-refractivity contribution in [3.8, 4) is 5.75 Å². The molecule has 30 heavy (non-hydrogen) atoms. The molecule has 1 unspecified atom stereocenters. The maximum Gasteiger partial charge on any atom is 0.338 e. The van der Waals surface area contributed by atoms with Crippen LogP contribution >= 0.6 is 22.7 Å². The molecule has 4 rings (SSSR count). The molecule has 2 aromatic heterocycles. The Balaban J connectivity index is 1.95. The first kappa shape index (κ1) is 20.3. The van der Waals surface area contributed by atoms with Crippen LogP contribution in [0.3, 0.4) is 0 Å². The van der Waals surface area contributed by atoms with Gasteiger partial charge in [-0.1, -0.05) is 23.5 Å². The number of aromatic nitrogens is 1. The van der Waals surface area contributed by atoms with Crippen molar-refractivity contribution in [2.45, 2.75) is 19.9 Å². The lowest BCUT2D eigenvalue weighted by Gasteiger charge is -2.24. The highest BCUT2D eigenvalue weighted by molar-refractivity contribution is 7.08. The van der Waals surface area contributed by atoms with E-state index in [9.17, 15) is 9.59 Å². The first-order valence-corrected chi connectivity index (χ1v) is 11.1. The summed E-state index contributed by atoms with van der Waals surface area (Å²) in [6.07, 6.45) is 1.86. The number of esters is 1. The molecule has 0 fully saturated rings. The second-order valence-corrected chi connectivity index (χ2v) is 8.42. The molecule has 0 N–H and O–H groups in total. The first-order chi connectivity index (χ1) is 14.5. The highest BCUT2D eigenvalue weighted by atomic mass is 32.1. The number of fused-ring (bicyclic) bond motifs is 1. The standard InChI is InChI=1S/C22H20N2O4S2/c1-4-28-21(26)18-13(2)23-22-24(19(18)15-5-7-16(27-3)8-6-15)20(25)17(30-22)11-14-9-10-29-12-14/h5-12,19H,4H2,1-3H3. The molecule has 1 atom stereocenters. The zero-order valence-corrected chi connectivity index (χ0v) is 18.4. The Labute approximate surface area is 181 Å². The lowest BCUT2D eigenvalue weighted by molar-refractivity contribution is -0.139. The van der Waals surface area contributed by atoms with E-state index >= 15 is 0 Å². The Kier molecular flexibility index (Phi) is 5.69. The van der Waals surface area contributed by atoms with Crippen LogP contribution in [-0.4, -0.2) is 24.3 Å². The van der Waals surface area contributed by atoms with Gasteiger partial charge in [-0.25, -0.2) is 9.79 Å². The molecule has 1 aliphatic heterocycles. The number of carbonyl (C=O) groups is 1. The first-order valence-electron chi connectivity index (χ1n) is 9.39. The summed E-state index contributed by atoms with van der Waals surface area (Å²) in [5.74, 6) is 0.230. The molecule has 6 nitrogen and oxygen atoms in total. The molecule has 0 bridgehead atoms. The van der Waals surface area contributed by atoms with Crippen molar-refractivity contribution >= 4 is 34.7 Å². The van der Waals surface area contributed by atoms with E-state index in [1.807, 2.05) is 47.2 Å². The van der Waals surface area contributed by atoms with Crippen molar-refractivity contribution in [2.24, 2.45) is 4.99 Å². The molecule has 0 amide bonds. The molecule has 3 aromatic rings. The predicted molar refractivity (Wildman–Crippen MR) is 118 cm³/mol. The van der Waals surface area contributed by atoms with Crippen LogP contribution in [-0.2, 0) is 9.53 Å².